The molecule has 3 rings (SSSR count). The maximum atomic E-state index is 5.53. The van der Waals surface area contributed by atoms with Crippen molar-refractivity contribution in [1.82, 2.24) is 20.1 Å². The highest BCUT2D eigenvalue weighted by Gasteiger charge is 2.10. The molecule has 0 atom stereocenters. The number of nitrogens with two attached hydrogens (primary N) is 1. The third-order valence-corrected chi connectivity index (χ3v) is 3.33. The van der Waals surface area contributed by atoms with Crippen molar-refractivity contribution >= 4 is 17.2 Å². The monoisotopic (exact) mass is 273 g/mol. The molecule has 0 fully saturated rings. The minimum absolute atomic E-state index is 0.439. The first-order valence-electron chi connectivity index (χ1n) is 5.66. The van der Waals surface area contributed by atoms with E-state index < -0.39 is 0 Å². The van der Waals surface area contributed by atoms with Gasteiger partial charge in [0, 0.05) is 11.6 Å². The normalized spacial score (nSPS) is 10.8. The lowest BCUT2D eigenvalue weighted by atomic mass is 10.3. The van der Waals surface area contributed by atoms with Gasteiger partial charge in [-0.3, -0.25) is 0 Å². The number of thiazole rings is 1. The Morgan fingerprint density at radius 1 is 1.32 bits per heavy atom. The van der Waals surface area contributed by atoms with E-state index in [-0.39, 0.29) is 0 Å². The summed E-state index contributed by atoms with van der Waals surface area (Å²) in [5, 5.41) is 6.96. The molecule has 6 nitrogen and oxygen atoms in total. The van der Waals surface area contributed by atoms with E-state index in [9.17, 15) is 0 Å². The van der Waals surface area contributed by atoms with Gasteiger partial charge in [-0.05, 0) is 19.1 Å². The molecule has 0 bridgehead atoms. The molecule has 0 amide bonds. The van der Waals surface area contributed by atoms with Crippen molar-refractivity contribution in [2.75, 3.05) is 5.73 Å². The van der Waals surface area contributed by atoms with Crippen LogP contribution < -0.4 is 5.73 Å². The molecule has 0 aliphatic heterocycles. The maximum absolute atomic E-state index is 5.53. The summed E-state index contributed by atoms with van der Waals surface area (Å²) < 4.78 is 5.20. The van der Waals surface area contributed by atoms with Gasteiger partial charge < -0.3 is 10.3 Å². The molecule has 0 spiro atoms. The largest absolute Gasteiger partial charge is 0.384 e. The fourth-order valence-corrected chi connectivity index (χ4v) is 2.24. The van der Waals surface area contributed by atoms with Crippen molar-refractivity contribution in [2.24, 2.45) is 0 Å². The van der Waals surface area contributed by atoms with E-state index in [1.54, 1.807) is 29.7 Å². The zero-order valence-electron chi connectivity index (χ0n) is 10.2. The predicted molar refractivity (Wildman–Crippen MR) is 71.6 cm³/mol. The topological polar surface area (TPSA) is 90.7 Å². The molecule has 3 aromatic rings. The number of nitrogen functional groups attached to an aromatic ring is 1. The van der Waals surface area contributed by atoms with Gasteiger partial charge in [0.1, 0.15) is 5.82 Å². The Hall–Kier alpha value is -2.28. The van der Waals surface area contributed by atoms with Crippen molar-refractivity contribution in [1.29, 1.82) is 0 Å². The fraction of sp³-hybridized carbons (Fsp3) is 0.167. The predicted octanol–water partition coefficient (Wildman–Crippen LogP) is 2.07. The summed E-state index contributed by atoms with van der Waals surface area (Å²) in [6, 6.07) is 3.50. The highest BCUT2D eigenvalue weighted by Crippen LogP contribution is 2.18. The Balaban J connectivity index is 1.81. The summed E-state index contributed by atoms with van der Waals surface area (Å²) in [7, 11) is 0. The summed E-state index contributed by atoms with van der Waals surface area (Å²) in [5.41, 5.74) is 7.23. The van der Waals surface area contributed by atoms with Crippen LogP contribution >= 0.6 is 11.3 Å². The highest BCUT2D eigenvalue weighted by atomic mass is 32.1. The summed E-state index contributed by atoms with van der Waals surface area (Å²) >= 11 is 1.61. The number of anilines is 1. The maximum Gasteiger partial charge on any atom is 0.259 e. The van der Waals surface area contributed by atoms with Gasteiger partial charge in [0.05, 0.1) is 22.7 Å². The number of aryl methyl sites for hydroxylation is 1. The van der Waals surface area contributed by atoms with Crippen LogP contribution in [0.2, 0.25) is 0 Å². The van der Waals surface area contributed by atoms with Gasteiger partial charge in [0.25, 0.3) is 5.89 Å². The molecule has 0 aromatic carbocycles. The second kappa shape index (κ2) is 4.77. The van der Waals surface area contributed by atoms with E-state index in [0.717, 1.165) is 16.3 Å². The molecule has 0 saturated heterocycles. The van der Waals surface area contributed by atoms with E-state index in [2.05, 4.69) is 20.1 Å². The summed E-state index contributed by atoms with van der Waals surface area (Å²) in [6.45, 7) is 1.97. The second-order valence-electron chi connectivity index (χ2n) is 4.02. The van der Waals surface area contributed by atoms with Gasteiger partial charge in [0.15, 0.2) is 5.82 Å². The van der Waals surface area contributed by atoms with Crippen molar-refractivity contribution in [3.05, 3.63) is 40.2 Å². The second-order valence-corrected chi connectivity index (χ2v) is 5.08. The van der Waals surface area contributed by atoms with Crippen LogP contribution in [0.15, 0.2) is 28.2 Å². The van der Waals surface area contributed by atoms with Crippen LogP contribution in [0.3, 0.4) is 0 Å². The lowest BCUT2D eigenvalue weighted by molar-refractivity contribution is 0.423. The summed E-state index contributed by atoms with van der Waals surface area (Å²) in [5.74, 6) is 1.51. The van der Waals surface area contributed by atoms with Crippen LogP contribution in [0.1, 0.15) is 16.5 Å². The van der Waals surface area contributed by atoms with Gasteiger partial charge in [-0.25, -0.2) is 9.97 Å². The first-order valence-corrected chi connectivity index (χ1v) is 6.54. The average Bonchev–Trinajstić information content (AvgIpc) is 3.00. The van der Waals surface area contributed by atoms with Crippen LogP contribution in [0.5, 0.6) is 0 Å². The van der Waals surface area contributed by atoms with Crippen molar-refractivity contribution in [3.63, 3.8) is 0 Å². The number of rotatable bonds is 3. The van der Waals surface area contributed by atoms with Gasteiger partial charge in [-0.1, -0.05) is 5.16 Å². The Kier molecular flexibility index (Phi) is 2.96. The summed E-state index contributed by atoms with van der Waals surface area (Å²) in [6.07, 6.45) is 2.18. The minimum atomic E-state index is 0.439. The highest BCUT2D eigenvalue weighted by molar-refractivity contribution is 7.09. The van der Waals surface area contributed by atoms with Gasteiger partial charge in [-0.2, -0.15) is 4.98 Å². The van der Waals surface area contributed by atoms with Gasteiger partial charge in [-0.15, -0.1) is 11.3 Å². The van der Waals surface area contributed by atoms with Crippen molar-refractivity contribution in [2.45, 2.75) is 13.3 Å². The molecule has 96 valence electrons. The molecule has 7 heteroatoms. The lowest BCUT2D eigenvalue weighted by Crippen LogP contribution is -1.92. The number of hydrogen-bond donors (Lipinski definition) is 1. The van der Waals surface area contributed by atoms with Crippen LogP contribution in [0, 0.1) is 6.92 Å². The molecule has 19 heavy (non-hydrogen) atoms. The van der Waals surface area contributed by atoms with Crippen LogP contribution in [-0.2, 0) is 6.42 Å². The Morgan fingerprint density at radius 3 is 2.89 bits per heavy atom. The summed E-state index contributed by atoms with van der Waals surface area (Å²) in [4.78, 5) is 12.7. The zero-order chi connectivity index (χ0) is 13.2. The third-order valence-electron chi connectivity index (χ3n) is 2.51. The quantitative estimate of drug-likeness (QED) is 0.785. The standard InChI is InChI=1S/C12H11N5OS/c1-7-15-9(6-19-7)4-11-16-12(18-17-11)8-2-3-10(13)14-5-8/h2-3,5-6H,4H2,1H3,(H2,13,14). The van der Waals surface area contributed by atoms with E-state index in [1.165, 1.54) is 0 Å². The van der Waals surface area contributed by atoms with Crippen LogP contribution in [-0.4, -0.2) is 20.1 Å². The smallest absolute Gasteiger partial charge is 0.259 e. The lowest BCUT2D eigenvalue weighted by Gasteiger charge is -1.93. The molecule has 0 aliphatic rings. The molecular formula is C12H11N5OS. The Morgan fingerprint density at radius 2 is 2.21 bits per heavy atom. The number of nitrogens with zero attached hydrogens (tertiary/aromatic N) is 4. The average molecular weight is 273 g/mol. The Bertz CT molecular complexity index is 688. The SMILES string of the molecule is Cc1nc(Cc2noc(-c3ccc(N)nc3)n2)cs1. The van der Waals surface area contributed by atoms with Crippen LogP contribution in [0.4, 0.5) is 5.82 Å². The number of pyridine rings is 1. The molecule has 0 radical (unpaired) electrons. The number of hydrogen-bond acceptors (Lipinski definition) is 7. The van der Waals surface area contributed by atoms with Gasteiger partial charge >= 0.3 is 0 Å². The van der Waals surface area contributed by atoms with E-state index in [0.29, 0.717) is 24.0 Å². The third kappa shape index (κ3) is 2.60. The van der Waals surface area contributed by atoms with Crippen molar-refractivity contribution in [3.8, 4) is 11.5 Å². The fourth-order valence-electron chi connectivity index (χ4n) is 1.63. The van der Waals surface area contributed by atoms with E-state index in [4.69, 9.17) is 10.3 Å². The van der Waals surface area contributed by atoms with E-state index in [1.807, 2.05) is 12.3 Å². The molecule has 3 aromatic heterocycles. The Labute approximate surface area is 113 Å². The van der Waals surface area contributed by atoms with Crippen molar-refractivity contribution < 1.29 is 4.52 Å². The number of aromatic nitrogens is 4. The molecule has 0 unspecified atom stereocenters. The van der Waals surface area contributed by atoms with Gasteiger partial charge in [0.2, 0.25) is 0 Å². The molecule has 0 aliphatic carbocycles. The first-order chi connectivity index (χ1) is 9.20. The minimum Gasteiger partial charge on any atom is -0.384 e. The zero-order valence-corrected chi connectivity index (χ0v) is 11.0. The van der Waals surface area contributed by atoms with Crippen LogP contribution in [0.25, 0.3) is 11.5 Å². The molecule has 0 saturated carbocycles. The molecule has 3 heterocycles. The first kappa shape index (κ1) is 11.8. The molecule has 2 N–H and O–H groups in total. The molecular weight excluding hydrogens is 262 g/mol. The van der Waals surface area contributed by atoms with E-state index >= 15 is 0 Å².